The van der Waals surface area contributed by atoms with E-state index in [4.69, 9.17) is 4.74 Å². The average Bonchev–Trinajstić information content (AvgIpc) is 2.61. The van der Waals surface area contributed by atoms with Crippen LogP contribution in [-0.2, 0) is 11.3 Å². The molecule has 0 unspecified atom stereocenters. The number of ether oxygens (including phenoxy) is 1. The average molecular weight is 338 g/mol. The Hall–Kier alpha value is -2.62. The third-order valence-corrected chi connectivity index (χ3v) is 4.15. The molecule has 25 heavy (non-hydrogen) atoms. The van der Waals surface area contributed by atoms with Gasteiger partial charge in [-0.05, 0) is 56.5 Å². The molecule has 0 N–H and O–H groups in total. The quantitative estimate of drug-likeness (QED) is 0.440. The van der Waals surface area contributed by atoms with Crippen molar-refractivity contribution in [1.82, 2.24) is 4.90 Å². The number of carbonyl (C=O) groups is 1. The lowest BCUT2D eigenvalue weighted by Gasteiger charge is -2.12. The van der Waals surface area contributed by atoms with Gasteiger partial charge in [0, 0.05) is 13.6 Å². The number of aryl methyl sites for hydroxylation is 3. The van der Waals surface area contributed by atoms with Crippen molar-refractivity contribution in [3.05, 3.63) is 64.2 Å². The molecule has 0 fully saturated rings. The minimum Gasteiger partial charge on any atom is -0.457 e. The number of rotatable bonds is 6. The van der Waals surface area contributed by atoms with Crippen LogP contribution in [0.5, 0.6) is 0 Å². The fourth-order valence-electron chi connectivity index (χ4n) is 2.31. The summed E-state index contributed by atoms with van der Waals surface area (Å²) in [4.78, 5) is 18.9. The molecule has 4 nitrogen and oxygen atoms in total. The van der Waals surface area contributed by atoms with E-state index in [0.29, 0.717) is 5.56 Å². The second-order valence-corrected chi connectivity index (χ2v) is 6.33. The first-order valence-electron chi connectivity index (χ1n) is 8.49. The van der Waals surface area contributed by atoms with E-state index in [9.17, 15) is 4.79 Å². The second-order valence-electron chi connectivity index (χ2n) is 6.33. The summed E-state index contributed by atoms with van der Waals surface area (Å²) in [6.07, 6.45) is 1.80. The lowest BCUT2D eigenvalue weighted by molar-refractivity contribution is 0.0472. The predicted molar refractivity (Wildman–Crippen MR) is 103 cm³/mol. The van der Waals surface area contributed by atoms with E-state index in [1.54, 1.807) is 6.34 Å². The molecule has 0 bridgehead atoms. The molecule has 2 aromatic carbocycles. The van der Waals surface area contributed by atoms with E-state index in [-0.39, 0.29) is 12.6 Å². The summed E-state index contributed by atoms with van der Waals surface area (Å²) in [7, 11) is 1.97. The number of hydrogen-bond donors (Lipinski definition) is 0. The highest BCUT2D eigenvalue weighted by molar-refractivity contribution is 5.92. The topological polar surface area (TPSA) is 41.9 Å². The zero-order chi connectivity index (χ0) is 18.4. The smallest absolute Gasteiger partial charge is 0.338 e. The highest BCUT2D eigenvalue weighted by Crippen LogP contribution is 2.24. The van der Waals surface area contributed by atoms with Crippen LogP contribution < -0.4 is 0 Å². The van der Waals surface area contributed by atoms with Crippen molar-refractivity contribution in [2.75, 3.05) is 13.6 Å². The van der Waals surface area contributed by atoms with Crippen molar-refractivity contribution in [1.29, 1.82) is 0 Å². The van der Waals surface area contributed by atoms with Crippen LogP contribution in [0.1, 0.15) is 39.5 Å². The summed E-state index contributed by atoms with van der Waals surface area (Å²) in [5, 5.41) is 0. The van der Waals surface area contributed by atoms with Gasteiger partial charge in [0.15, 0.2) is 0 Å². The monoisotopic (exact) mass is 338 g/mol. The zero-order valence-electron chi connectivity index (χ0n) is 15.7. The Kier molecular flexibility index (Phi) is 6.34. The fourth-order valence-corrected chi connectivity index (χ4v) is 2.31. The Morgan fingerprint density at radius 1 is 1.12 bits per heavy atom. The first-order valence-corrected chi connectivity index (χ1v) is 8.49. The molecule has 0 heterocycles. The molecule has 0 saturated heterocycles. The molecule has 2 aromatic rings. The third-order valence-electron chi connectivity index (χ3n) is 4.15. The van der Waals surface area contributed by atoms with Gasteiger partial charge in [-0.3, -0.25) is 0 Å². The highest BCUT2D eigenvalue weighted by Gasteiger charge is 2.13. The molecule has 0 aliphatic rings. The van der Waals surface area contributed by atoms with E-state index in [1.165, 1.54) is 5.56 Å². The van der Waals surface area contributed by atoms with Crippen LogP contribution in [0.3, 0.4) is 0 Å². The molecule has 0 aliphatic carbocycles. The Balaban J connectivity index is 2.10. The van der Waals surface area contributed by atoms with Crippen LogP contribution in [0, 0.1) is 20.8 Å². The molecule has 4 heteroatoms. The molecule has 0 aromatic heterocycles. The molecular formula is C21H26N2O2. The van der Waals surface area contributed by atoms with Crippen molar-refractivity contribution in [2.24, 2.45) is 4.99 Å². The standard InChI is InChI=1S/C21H26N2O2/c1-6-23(5)14-22-20-12-16(3)19(11-17(20)4)21(24)25-13-18-9-7-15(2)8-10-18/h7-12,14H,6,13H2,1-5H3. The van der Waals surface area contributed by atoms with Gasteiger partial charge in [-0.2, -0.15) is 0 Å². The minimum atomic E-state index is -0.303. The summed E-state index contributed by atoms with van der Waals surface area (Å²) in [5.74, 6) is -0.303. The van der Waals surface area contributed by atoms with Crippen molar-refractivity contribution >= 4 is 18.0 Å². The molecule has 2 rings (SSSR count). The first kappa shape index (κ1) is 18.7. The Bertz CT molecular complexity index is 764. The molecule has 0 radical (unpaired) electrons. The molecule has 0 saturated carbocycles. The first-order chi connectivity index (χ1) is 11.9. The number of hydrogen-bond acceptors (Lipinski definition) is 3. The van der Waals surface area contributed by atoms with Crippen LogP contribution in [0.15, 0.2) is 41.4 Å². The maximum absolute atomic E-state index is 12.4. The van der Waals surface area contributed by atoms with Crippen LogP contribution >= 0.6 is 0 Å². The largest absolute Gasteiger partial charge is 0.457 e. The summed E-state index contributed by atoms with van der Waals surface area (Å²) in [6, 6.07) is 11.8. The number of nitrogens with zero attached hydrogens (tertiary/aromatic N) is 2. The van der Waals surface area contributed by atoms with E-state index in [1.807, 2.05) is 69.1 Å². The molecule has 0 atom stereocenters. The van der Waals surface area contributed by atoms with Gasteiger partial charge in [0.05, 0.1) is 17.6 Å². The van der Waals surface area contributed by atoms with Gasteiger partial charge in [-0.25, -0.2) is 9.79 Å². The Morgan fingerprint density at radius 3 is 2.44 bits per heavy atom. The van der Waals surface area contributed by atoms with Gasteiger partial charge < -0.3 is 9.64 Å². The lowest BCUT2D eigenvalue weighted by Crippen LogP contribution is -2.14. The number of aliphatic imine (C=N–C) groups is 1. The summed E-state index contributed by atoms with van der Waals surface area (Å²) >= 11 is 0. The molecule has 0 aliphatic heterocycles. The lowest BCUT2D eigenvalue weighted by atomic mass is 10.0. The summed E-state index contributed by atoms with van der Waals surface area (Å²) < 4.78 is 5.46. The van der Waals surface area contributed by atoms with Gasteiger partial charge in [0.1, 0.15) is 6.61 Å². The predicted octanol–water partition coefficient (Wildman–Crippen LogP) is 4.58. The van der Waals surface area contributed by atoms with Crippen LogP contribution in [0.4, 0.5) is 5.69 Å². The molecule has 0 spiro atoms. The normalized spacial score (nSPS) is 10.9. The van der Waals surface area contributed by atoms with Crippen LogP contribution in [0.2, 0.25) is 0 Å². The Morgan fingerprint density at radius 2 is 1.80 bits per heavy atom. The Labute approximate surface area is 150 Å². The number of benzene rings is 2. The van der Waals surface area contributed by atoms with E-state index >= 15 is 0 Å². The van der Waals surface area contributed by atoms with Crippen molar-refractivity contribution in [2.45, 2.75) is 34.3 Å². The van der Waals surface area contributed by atoms with Crippen molar-refractivity contribution in [3.8, 4) is 0 Å². The van der Waals surface area contributed by atoms with Crippen LogP contribution in [-0.4, -0.2) is 30.8 Å². The summed E-state index contributed by atoms with van der Waals surface area (Å²) in [6.45, 7) is 9.13. The van der Waals surface area contributed by atoms with E-state index < -0.39 is 0 Å². The molecule has 132 valence electrons. The number of esters is 1. The highest BCUT2D eigenvalue weighted by atomic mass is 16.5. The number of carbonyl (C=O) groups excluding carboxylic acids is 1. The van der Waals surface area contributed by atoms with Crippen LogP contribution in [0.25, 0.3) is 0 Å². The van der Waals surface area contributed by atoms with Gasteiger partial charge in [0.2, 0.25) is 0 Å². The fraction of sp³-hybridized carbons (Fsp3) is 0.333. The second kappa shape index (κ2) is 8.47. The zero-order valence-corrected chi connectivity index (χ0v) is 15.7. The van der Waals surface area contributed by atoms with Gasteiger partial charge in [-0.1, -0.05) is 29.8 Å². The van der Waals surface area contributed by atoms with E-state index in [2.05, 4.69) is 11.9 Å². The van der Waals surface area contributed by atoms with Gasteiger partial charge >= 0.3 is 5.97 Å². The van der Waals surface area contributed by atoms with Gasteiger partial charge in [-0.15, -0.1) is 0 Å². The van der Waals surface area contributed by atoms with Crippen molar-refractivity contribution in [3.63, 3.8) is 0 Å². The molecular weight excluding hydrogens is 312 g/mol. The summed E-state index contributed by atoms with van der Waals surface area (Å²) in [5.41, 5.74) is 5.45. The maximum atomic E-state index is 12.4. The minimum absolute atomic E-state index is 0.277. The SMILES string of the molecule is CCN(C)C=Nc1cc(C)c(C(=O)OCc2ccc(C)cc2)cc1C. The maximum Gasteiger partial charge on any atom is 0.338 e. The third kappa shape index (κ3) is 5.18. The van der Waals surface area contributed by atoms with E-state index in [0.717, 1.165) is 28.9 Å². The van der Waals surface area contributed by atoms with Gasteiger partial charge in [0.25, 0.3) is 0 Å². The van der Waals surface area contributed by atoms with Crippen molar-refractivity contribution < 1.29 is 9.53 Å². The molecule has 0 amide bonds.